The molecule has 2 aromatic rings. The highest BCUT2D eigenvalue weighted by atomic mass is 19.1. The minimum Gasteiger partial charge on any atom is -0.321 e. The van der Waals surface area contributed by atoms with Crippen molar-refractivity contribution in [3.05, 3.63) is 59.2 Å². The Bertz CT molecular complexity index is 677. The monoisotopic (exact) mass is 255 g/mol. The number of pyridine rings is 1. The molecule has 5 heteroatoms. The Morgan fingerprint density at radius 1 is 1.42 bits per heavy atom. The van der Waals surface area contributed by atoms with Crippen LogP contribution in [0.1, 0.15) is 21.5 Å². The fourth-order valence-electron chi connectivity index (χ4n) is 1.62. The second-order valence-electron chi connectivity index (χ2n) is 3.98. The minimum atomic E-state index is -0.664. The van der Waals surface area contributed by atoms with E-state index in [2.05, 4.69) is 10.3 Å². The van der Waals surface area contributed by atoms with Crippen molar-refractivity contribution in [3.63, 3.8) is 0 Å². The predicted molar refractivity (Wildman–Crippen MR) is 68.0 cm³/mol. The van der Waals surface area contributed by atoms with Crippen LogP contribution in [0.3, 0.4) is 0 Å². The number of benzene rings is 1. The first-order valence-electron chi connectivity index (χ1n) is 5.53. The summed E-state index contributed by atoms with van der Waals surface area (Å²) in [6, 6.07) is 7.46. The zero-order valence-electron chi connectivity index (χ0n) is 10.1. The summed E-state index contributed by atoms with van der Waals surface area (Å²) in [5.41, 5.74) is 1.16. The van der Waals surface area contributed by atoms with Gasteiger partial charge in [-0.2, -0.15) is 5.26 Å². The van der Waals surface area contributed by atoms with E-state index in [4.69, 9.17) is 5.26 Å². The summed E-state index contributed by atoms with van der Waals surface area (Å²) in [5.74, 6) is -1.10. The van der Waals surface area contributed by atoms with Crippen molar-refractivity contribution in [2.75, 3.05) is 5.32 Å². The van der Waals surface area contributed by atoms with E-state index in [1.165, 1.54) is 24.4 Å². The number of hydrogen-bond acceptors (Lipinski definition) is 3. The van der Waals surface area contributed by atoms with Crippen molar-refractivity contribution in [2.45, 2.75) is 6.92 Å². The molecule has 2 rings (SSSR count). The highest BCUT2D eigenvalue weighted by Gasteiger charge is 2.12. The van der Waals surface area contributed by atoms with Crippen LogP contribution in [0.15, 0.2) is 36.7 Å². The van der Waals surface area contributed by atoms with Gasteiger partial charge in [0, 0.05) is 12.4 Å². The molecular formula is C14H10FN3O. The maximum atomic E-state index is 13.4. The van der Waals surface area contributed by atoms with Gasteiger partial charge in [-0.3, -0.25) is 9.78 Å². The van der Waals surface area contributed by atoms with Gasteiger partial charge < -0.3 is 5.32 Å². The molecule has 94 valence electrons. The average Bonchev–Trinajstić information content (AvgIpc) is 2.39. The van der Waals surface area contributed by atoms with E-state index in [9.17, 15) is 9.18 Å². The lowest BCUT2D eigenvalue weighted by atomic mass is 10.1. The molecule has 1 amide bonds. The van der Waals surface area contributed by atoms with Gasteiger partial charge in [-0.25, -0.2) is 4.39 Å². The number of carbonyl (C=O) groups excluding carboxylic acids is 1. The first kappa shape index (κ1) is 12.7. The molecule has 1 N–H and O–H groups in total. The van der Waals surface area contributed by atoms with Crippen LogP contribution in [0.25, 0.3) is 0 Å². The third-order valence-corrected chi connectivity index (χ3v) is 2.51. The first-order chi connectivity index (χ1) is 9.11. The summed E-state index contributed by atoms with van der Waals surface area (Å²) < 4.78 is 13.4. The van der Waals surface area contributed by atoms with E-state index in [1.807, 2.05) is 6.92 Å². The third-order valence-electron chi connectivity index (χ3n) is 2.51. The van der Waals surface area contributed by atoms with Crippen LogP contribution in [0.4, 0.5) is 10.1 Å². The van der Waals surface area contributed by atoms with Crippen molar-refractivity contribution in [2.24, 2.45) is 0 Å². The molecule has 0 fully saturated rings. The Kier molecular flexibility index (Phi) is 3.53. The molecule has 1 aromatic heterocycles. The van der Waals surface area contributed by atoms with Crippen molar-refractivity contribution in [1.29, 1.82) is 5.26 Å². The van der Waals surface area contributed by atoms with E-state index in [-0.39, 0.29) is 11.3 Å². The Labute approximate surface area is 109 Å². The quantitative estimate of drug-likeness (QED) is 0.897. The summed E-state index contributed by atoms with van der Waals surface area (Å²) in [4.78, 5) is 15.9. The van der Waals surface area contributed by atoms with Crippen LogP contribution in [-0.2, 0) is 0 Å². The third kappa shape index (κ3) is 2.75. The summed E-state index contributed by atoms with van der Waals surface area (Å²) in [7, 11) is 0. The van der Waals surface area contributed by atoms with Crippen LogP contribution < -0.4 is 5.32 Å². The molecule has 0 aliphatic rings. The van der Waals surface area contributed by atoms with Crippen LogP contribution in [0.5, 0.6) is 0 Å². The highest BCUT2D eigenvalue weighted by Crippen LogP contribution is 2.18. The van der Waals surface area contributed by atoms with Crippen LogP contribution in [-0.4, -0.2) is 10.9 Å². The zero-order chi connectivity index (χ0) is 13.8. The molecule has 4 nitrogen and oxygen atoms in total. The summed E-state index contributed by atoms with van der Waals surface area (Å²) in [6.07, 6.45) is 3.04. The first-order valence-corrected chi connectivity index (χ1v) is 5.53. The maximum Gasteiger partial charge on any atom is 0.257 e. The SMILES string of the molecule is Cc1cncc(C(=O)Nc2cccc(F)c2C#N)c1. The van der Waals surface area contributed by atoms with Gasteiger partial charge in [0.2, 0.25) is 0 Å². The van der Waals surface area contributed by atoms with Crippen LogP contribution >= 0.6 is 0 Å². The van der Waals surface area contributed by atoms with Gasteiger partial charge in [0.05, 0.1) is 11.3 Å². The summed E-state index contributed by atoms with van der Waals surface area (Å²) in [6.45, 7) is 1.81. The van der Waals surface area contributed by atoms with Gasteiger partial charge in [0.1, 0.15) is 17.4 Å². The predicted octanol–water partition coefficient (Wildman–Crippen LogP) is 2.65. The minimum absolute atomic E-state index is 0.147. The second kappa shape index (κ2) is 5.27. The molecule has 1 heterocycles. The zero-order valence-corrected chi connectivity index (χ0v) is 10.1. The van der Waals surface area contributed by atoms with Gasteiger partial charge in [-0.1, -0.05) is 6.07 Å². The summed E-state index contributed by atoms with van der Waals surface area (Å²) in [5, 5.41) is 11.4. The van der Waals surface area contributed by atoms with E-state index in [0.717, 1.165) is 5.56 Å². The van der Waals surface area contributed by atoms with Gasteiger partial charge in [0.15, 0.2) is 0 Å². The second-order valence-corrected chi connectivity index (χ2v) is 3.98. The lowest BCUT2D eigenvalue weighted by Crippen LogP contribution is -2.13. The van der Waals surface area contributed by atoms with Crippen LogP contribution in [0.2, 0.25) is 0 Å². The number of hydrogen-bond donors (Lipinski definition) is 1. The lowest BCUT2D eigenvalue weighted by molar-refractivity contribution is 0.102. The fourth-order valence-corrected chi connectivity index (χ4v) is 1.62. The van der Waals surface area contributed by atoms with Gasteiger partial charge in [0.25, 0.3) is 5.91 Å². The molecule has 19 heavy (non-hydrogen) atoms. The molecule has 0 spiro atoms. The number of anilines is 1. The number of aryl methyl sites for hydroxylation is 1. The molecule has 0 atom stereocenters. The Morgan fingerprint density at radius 3 is 2.89 bits per heavy atom. The molecule has 0 unspecified atom stereocenters. The average molecular weight is 255 g/mol. The molecule has 0 aliphatic heterocycles. The van der Waals surface area contributed by atoms with E-state index < -0.39 is 11.7 Å². The molecule has 0 saturated heterocycles. The molecule has 0 aliphatic carbocycles. The lowest BCUT2D eigenvalue weighted by Gasteiger charge is -2.07. The normalized spacial score (nSPS) is 9.74. The highest BCUT2D eigenvalue weighted by molar-refractivity contribution is 6.04. The van der Waals surface area contributed by atoms with Gasteiger partial charge >= 0.3 is 0 Å². The fraction of sp³-hybridized carbons (Fsp3) is 0.0714. The number of rotatable bonds is 2. The number of nitrogens with one attached hydrogen (secondary N) is 1. The molecule has 1 aromatic carbocycles. The number of aromatic nitrogens is 1. The van der Waals surface area contributed by atoms with Crippen molar-refractivity contribution in [3.8, 4) is 6.07 Å². The van der Waals surface area contributed by atoms with Crippen LogP contribution in [0, 0.1) is 24.1 Å². The van der Waals surface area contributed by atoms with Crippen molar-refractivity contribution in [1.82, 2.24) is 4.98 Å². The Hall–Kier alpha value is -2.74. The molecular weight excluding hydrogens is 245 g/mol. The number of nitrogens with zero attached hydrogens (tertiary/aromatic N) is 2. The van der Waals surface area contributed by atoms with Crippen molar-refractivity contribution < 1.29 is 9.18 Å². The standard InChI is InChI=1S/C14H10FN3O/c1-9-5-10(8-17-7-9)14(19)18-13-4-2-3-12(15)11(13)6-16/h2-5,7-8H,1H3,(H,18,19). The maximum absolute atomic E-state index is 13.4. The summed E-state index contributed by atoms with van der Waals surface area (Å²) >= 11 is 0. The van der Waals surface area contributed by atoms with E-state index in [0.29, 0.717) is 5.56 Å². The topological polar surface area (TPSA) is 65.8 Å². The number of nitriles is 1. The molecule has 0 bridgehead atoms. The van der Waals surface area contributed by atoms with Gasteiger partial charge in [-0.05, 0) is 30.7 Å². The van der Waals surface area contributed by atoms with E-state index in [1.54, 1.807) is 18.3 Å². The number of halogens is 1. The van der Waals surface area contributed by atoms with Crippen molar-refractivity contribution >= 4 is 11.6 Å². The smallest absolute Gasteiger partial charge is 0.257 e. The van der Waals surface area contributed by atoms with E-state index >= 15 is 0 Å². The number of amides is 1. The molecule has 0 radical (unpaired) electrons. The Balaban J connectivity index is 2.30. The molecule has 0 saturated carbocycles. The Morgan fingerprint density at radius 2 is 2.21 bits per heavy atom. The largest absolute Gasteiger partial charge is 0.321 e. The number of carbonyl (C=O) groups is 1. The van der Waals surface area contributed by atoms with Gasteiger partial charge in [-0.15, -0.1) is 0 Å².